The Balaban J connectivity index is 1.61. The Kier molecular flexibility index (Phi) is 5.76. The first-order valence-corrected chi connectivity index (χ1v) is 6.77. The number of ether oxygens (including phenoxy) is 3. The highest BCUT2D eigenvalue weighted by Crippen LogP contribution is 2.13. The summed E-state index contributed by atoms with van der Waals surface area (Å²) in [5, 5.41) is 2.75. The molecule has 6 heteroatoms. The molecule has 1 amide bonds. The summed E-state index contributed by atoms with van der Waals surface area (Å²) in [6, 6.07) is 3.44. The first-order valence-electron chi connectivity index (χ1n) is 6.77. The molecule has 0 bridgehead atoms. The van der Waals surface area contributed by atoms with E-state index in [0.29, 0.717) is 31.2 Å². The van der Waals surface area contributed by atoms with E-state index in [4.69, 9.17) is 14.2 Å². The minimum absolute atomic E-state index is 0.0932. The van der Waals surface area contributed by atoms with Gasteiger partial charge in [0.05, 0.1) is 44.7 Å². The highest BCUT2D eigenvalue weighted by molar-refractivity contribution is 5.90. The second-order valence-corrected chi connectivity index (χ2v) is 4.60. The summed E-state index contributed by atoms with van der Waals surface area (Å²) in [5.41, 5.74) is 0.648. The summed E-state index contributed by atoms with van der Waals surface area (Å²) in [5.74, 6) is 0.423. The van der Waals surface area contributed by atoms with Gasteiger partial charge in [-0.05, 0) is 18.9 Å². The fraction of sp³-hybridized carbons (Fsp3) is 0.571. The van der Waals surface area contributed by atoms with Crippen LogP contribution in [0.2, 0.25) is 0 Å². The van der Waals surface area contributed by atoms with Crippen molar-refractivity contribution in [2.24, 2.45) is 0 Å². The van der Waals surface area contributed by atoms with Crippen molar-refractivity contribution < 1.29 is 19.0 Å². The van der Waals surface area contributed by atoms with E-state index in [2.05, 4.69) is 10.3 Å². The third-order valence-electron chi connectivity index (χ3n) is 3.03. The standard InChI is InChI=1S/C14H20N2O4/c1-18-14-5-4-11(9-15-14)16-13(17)6-8-19-10-12-3-2-7-20-12/h4-5,9,12H,2-3,6-8,10H2,1H3,(H,16,17). The van der Waals surface area contributed by atoms with Crippen molar-refractivity contribution in [2.45, 2.75) is 25.4 Å². The zero-order valence-electron chi connectivity index (χ0n) is 11.6. The van der Waals surface area contributed by atoms with Crippen LogP contribution in [0, 0.1) is 0 Å². The van der Waals surface area contributed by atoms with Crippen molar-refractivity contribution in [1.29, 1.82) is 0 Å². The van der Waals surface area contributed by atoms with Gasteiger partial charge in [0.15, 0.2) is 0 Å². The van der Waals surface area contributed by atoms with Gasteiger partial charge in [-0.15, -0.1) is 0 Å². The van der Waals surface area contributed by atoms with Gasteiger partial charge >= 0.3 is 0 Å². The first-order chi connectivity index (χ1) is 9.78. The lowest BCUT2D eigenvalue weighted by Gasteiger charge is -2.10. The quantitative estimate of drug-likeness (QED) is 0.768. The maximum Gasteiger partial charge on any atom is 0.226 e. The molecule has 20 heavy (non-hydrogen) atoms. The molecule has 1 aromatic rings. The van der Waals surface area contributed by atoms with E-state index >= 15 is 0 Å². The zero-order chi connectivity index (χ0) is 14.2. The molecule has 1 atom stereocenters. The molecule has 0 aromatic carbocycles. The van der Waals surface area contributed by atoms with Crippen LogP contribution in [0.4, 0.5) is 5.69 Å². The van der Waals surface area contributed by atoms with Gasteiger partial charge in [0.1, 0.15) is 0 Å². The van der Waals surface area contributed by atoms with Crippen LogP contribution in [0.1, 0.15) is 19.3 Å². The molecule has 1 N–H and O–H groups in total. The number of amides is 1. The Bertz CT molecular complexity index is 416. The Morgan fingerprint density at radius 3 is 3.10 bits per heavy atom. The minimum atomic E-state index is -0.0932. The lowest BCUT2D eigenvalue weighted by atomic mass is 10.2. The summed E-state index contributed by atoms with van der Waals surface area (Å²) in [6.45, 7) is 1.78. The maximum atomic E-state index is 11.7. The second-order valence-electron chi connectivity index (χ2n) is 4.60. The zero-order valence-corrected chi connectivity index (χ0v) is 11.6. The van der Waals surface area contributed by atoms with Gasteiger partial charge in [0.2, 0.25) is 11.8 Å². The Hall–Kier alpha value is -1.66. The van der Waals surface area contributed by atoms with Crippen LogP contribution in [0.25, 0.3) is 0 Å². The number of nitrogens with one attached hydrogen (secondary N) is 1. The number of nitrogens with zero attached hydrogens (tertiary/aromatic N) is 1. The number of hydrogen-bond donors (Lipinski definition) is 1. The maximum absolute atomic E-state index is 11.7. The molecule has 110 valence electrons. The van der Waals surface area contributed by atoms with E-state index in [9.17, 15) is 4.79 Å². The summed E-state index contributed by atoms with van der Waals surface area (Å²) < 4.78 is 15.8. The number of pyridine rings is 1. The molecule has 0 spiro atoms. The Morgan fingerprint density at radius 1 is 1.55 bits per heavy atom. The average Bonchev–Trinajstić information content (AvgIpc) is 2.98. The van der Waals surface area contributed by atoms with Gasteiger partial charge in [0.25, 0.3) is 0 Å². The molecule has 6 nitrogen and oxygen atoms in total. The van der Waals surface area contributed by atoms with Crippen LogP contribution in [-0.2, 0) is 14.3 Å². The highest BCUT2D eigenvalue weighted by atomic mass is 16.5. The lowest BCUT2D eigenvalue weighted by Crippen LogP contribution is -2.18. The SMILES string of the molecule is COc1ccc(NC(=O)CCOCC2CCCO2)cn1. The molecule has 1 saturated heterocycles. The molecule has 0 saturated carbocycles. The van der Waals surface area contributed by atoms with E-state index in [1.165, 1.54) is 0 Å². The molecule has 1 aromatic heterocycles. The molecule has 0 radical (unpaired) electrons. The van der Waals surface area contributed by atoms with Crippen LogP contribution in [0.15, 0.2) is 18.3 Å². The normalized spacial score (nSPS) is 17.9. The summed E-state index contributed by atoms with van der Waals surface area (Å²) in [6.07, 6.45) is 4.22. The van der Waals surface area contributed by atoms with Crippen molar-refractivity contribution >= 4 is 11.6 Å². The van der Waals surface area contributed by atoms with Gasteiger partial charge in [-0.25, -0.2) is 4.98 Å². The third-order valence-corrected chi connectivity index (χ3v) is 3.03. The van der Waals surface area contributed by atoms with Crippen LogP contribution in [0.5, 0.6) is 5.88 Å². The van der Waals surface area contributed by atoms with Crippen molar-refractivity contribution in [2.75, 3.05) is 32.2 Å². The van der Waals surface area contributed by atoms with Crippen LogP contribution >= 0.6 is 0 Å². The monoisotopic (exact) mass is 280 g/mol. The molecule has 2 rings (SSSR count). The Labute approximate surface area is 118 Å². The molecule has 0 aliphatic carbocycles. The summed E-state index contributed by atoms with van der Waals surface area (Å²) >= 11 is 0. The Morgan fingerprint density at radius 2 is 2.45 bits per heavy atom. The topological polar surface area (TPSA) is 69.7 Å². The van der Waals surface area contributed by atoms with Crippen molar-refractivity contribution in [3.63, 3.8) is 0 Å². The number of rotatable bonds is 7. The number of methoxy groups -OCH3 is 1. The lowest BCUT2D eigenvalue weighted by molar-refractivity contribution is -0.117. The number of carbonyl (C=O) groups excluding carboxylic acids is 1. The number of anilines is 1. The van der Waals surface area contributed by atoms with Gasteiger partial charge in [-0.1, -0.05) is 0 Å². The second kappa shape index (κ2) is 7.81. The van der Waals surface area contributed by atoms with Crippen LogP contribution in [0.3, 0.4) is 0 Å². The van der Waals surface area contributed by atoms with Gasteiger partial charge < -0.3 is 19.5 Å². The van der Waals surface area contributed by atoms with Gasteiger partial charge in [-0.3, -0.25) is 4.79 Å². The number of carbonyl (C=O) groups is 1. The fourth-order valence-corrected chi connectivity index (χ4v) is 1.95. The molecule has 2 heterocycles. The first kappa shape index (κ1) is 14.7. The average molecular weight is 280 g/mol. The van der Waals surface area contributed by atoms with Crippen molar-refractivity contribution in [1.82, 2.24) is 4.98 Å². The molecule has 1 unspecified atom stereocenters. The predicted octanol–water partition coefficient (Wildman–Crippen LogP) is 1.61. The smallest absolute Gasteiger partial charge is 0.226 e. The number of aromatic nitrogens is 1. The molecular formula is C14H20N2O4. The van der Waals surface area contributed by atoms with E-state index in [-0.39, 0.29) is 12.0 Å². The molecule has 1 aliphatic heterocycles. The van der Waals surface area contributed by atoms with Crippen LogP contribution < -0.4 is 10.1 Å². The summed E-state index contributed by atoms with van der Waals surface area (Å²) in [4.78, 5) is 15.7. The predicted molar refractivity (Wildman–Crippen MR) is 73.8 cm³/mol. The molecule has 1 fully saturated rings. The fourth-order valence-electron chi connectivity index (χ4n) is 1.95. The third kappa shape index (κ3) is 4.79. The number of hydrogen-bond acceptors (Lipinski definition) is 5. The van der Waals surface area contributed by atoms with Gasteiger partial charge in [-0.2, -0.15) is 0 Å². The van der Waals surface area contributed by atoms with Crippen LogP contribution in [-0.4, -0.2) is 43.9 Å². The van der Waals surface area contributed by atoms with Crippen molar-refractivity contribution in [3.8, 4) is 5.88 Å². The van der Waals surface area contributed by atoms with E-state index in [1.54, 1.807) is 25.4 Å². The largest absolute Gasteiger partial charge is 0.481 e. The molecular weight excluding hydrogens is 260 g/mol. The van der Waals surface area contributed by atoms with E-state index in [1.807, 2.05) is 0 Å². The van der Waals surface area contributed by atoms with Crippen molar-refractivity contribution in [3.05, 3.63) is 18.3 Å². The van der Waals surface area contributed by atoms with E-state index in [0.717, 1.165) is 19.4 Å². The van der Waals surface area contributed by atoms with Gasteiger partial charge in [0, 0.05) is 12.7 Å². The molecule has 1 aliphatic rings. The minimum Gasteiger partial charge on any atom is -0.481 e. The highest BCUT2D eigenvalue weighted by Gasteiger charge is 2.15. The summed E-state index contributed by atoms with van der Waals surface area (Å²) in [7, 11) is 1.55. The van der Waals surface area contributed by atoms with E-state index < -0.39 is 0 Å².